The summed E-state index contributed by atoms with van der Waals surface area (Å²) in [6.07, 6.45) is 0. The van der Waals surface area contributed by atoms with Crippen molar-refractivity contribution in [1.29, 1.82) is 0 Å². The zero-order valence-corrected chi connectivity index (χ0v) is 12.2. The van der Waals surface area contributed by atoms with Crippen molar-refractivity contribution < 1.29 is 14.7 Å². The number of carbonyl (C=O) groups is 2. The molecule has 0 radical (unpaired) electrons. The Morgan fingerprint density at radius 2 is 1.81 bits per heavy atom. The van der Waals surface area contributed by atoms with Gasteiger partial charge in [-0.2, -0.15) is 0 Å². The molecule has 0 aliphatic carbocycles. The number of benzene rings is 1. The summed E-state index contributed by atoms with van der Waals surface area (Å²) in [5, 5.41) is 11.2. The highest BCUT2D eigenvalue weighted by molar-refractivity contribution is 5.86. The first-order valence-corrected chi connectivity index (χ1v) is 7.05. The maximum absolute atomic E-state index is 12.4. The van der Waals surface area contributed by atoms with Crippen molar-refractivity contribution in [1.82, 2.24) is 15.1 Å². The van der Waals surface area contributed by atoms with Gasteiger partial charge in [-0.3, -0.25) is 14.5 Å². The molecule has 6 heteroatoms. The molecule has 1 saturated heterocycles. The van der Waals surface area contributed by atoms with Crippen LogP contribution in [0.4, 0.5) is 0 Å². The smallest absolute Gasteiger partial charge is 0.322 e. The molecule has 1 aromatic carbocycles. The van der Waals surface area contributed by atoms with Crippen molar-refractivity contribution >= 4 is 11.9 Å². The first kappa shape index (κ1) is 15.5. The normalized spacial score (nSPS) is 18.1. The summed E-state index contributed by atoms with van der Waals surface area (Å²) in [7, 11) is 2.05. The molecule has 1 amide bonds. The molecule has 0 spiro atoms. The molecule has 1 unspecified atom stereocenters. The number of amides is 1. The number of nitrogens with zero attached hydrogens (tertiary/aromatic N) is 2. The number of piperazine rings is 1. The van der Waals surface area contributed by atoms with E-state index in [9.17, 15) is 9.59 Å². The lowest BCUT2D eigenvalue weighted by Gasteiger charge is -2.37. The molecule has 1 heterocycles. The van der Waals surface area contributed by atoms with Crippen molar-refractivity contribution in [2.45, 2.75) is 6.04 Å². The number of aliphatic carboxylic acids is 1. The molecule has 1 aliphatic rings. The summed E-state index contributed by atoms with van der Waals surface area (Å²) in [5.41, 5.74) is 0.893. The quantitative estimate of drug-likeness (QED) is 0.809. The molecule has 0 aromatic heterocycles. The second-order valence-electron chi connectivity index (χ2n) is 5.26. The molecule has 1 aliphatic heterocycles. The van der Waals surface area contributed by atoms with Crippen LogP contribution in [0.2, 0.25) is 0 Å². The summed E-state index contributed by atoms with van der Waals surface area (Å²) in [4.78, 5) is 27.4. The van der Waals surface area contributed by atoms with Crippen LogP contribution in [-0.2, 0) is 9.59 Å². The van der Waals surface area contributed by atoms with Gasteiger partial charge < -0.3 is 15.3 Å². The van der Waals surface area contributed by atoms with E-state index in [4.69, 9.17) is 5.11 Å². The van der Waals surface area contributed by atoms with Gasteiger partial charge in [-0.25, -0.2) is 0 Å². The number of carbonyl (C=O) groups excluding carboxylic acids is 1. The highest BCUT2D eigenvalue weighted by Gasteiger charge is 2.29. The largest absolute Gasteiger partial charge is 0.480 e. The van der Waals surface area contributed by atoms with Gasteiger partial charge in [-0.15, -0.1) is 0 Å². The van der Waals surface area contributed by atoms with Crippen LogP contribution in [0.1, 0.15) is 11.6 Å². The highest BCUT2D eigenvalue weighted by Crippen LogP contribution is 2.22. The first-order chi connectivity index (χ1) is 10.1. The molecule has 1 fully saturated rings. The lowest BCUT2D eigenvalue weighted by molar-refractivity contribution is -0.139. The highest BCUT2D eigenvalue weighted by atomic mass is 16.4. The number of rotatable bonds is 5. The summed E-state index contributed by atoms with van der Waals surface area (Å²) in [6, 6.07) is 9.07. The van der Waals surface area contributed by atoms with E-state index >= 15 is 0 Å². The average Bonchev–Trinajstić information content (AvgIpc) is 2.48. The molecule has 1 atom stereocenters. The Balaban J connectivity index is 2.14. The number of hydrogen-bond acceptors (Lipinski definition) is 4. The maximum atomic E-state index is 12.4. The van der Waals surface area contributed by atoms with Crippen molar-refractivity contribution in [3.8, 4) is 0 Å². The van der Waals surface area contributed by atoms with Crippen LogP contribution in [0.5, 0.6) is 0 Å². The fourth-order valence-electron chi connectivity index (χ4n) is 2.50. The fourth-order valence-corrected chi connectivity index (χ4v) is 2.50. The Labute approximate surface area is 124 Å². The van der Waals surface area contributed by atoms with Crippen LogP contribution in [0.3, 0.4) is 0 Å². The minimum absolute atomic E-state index is 0.256. The average molecular weight is 291 g/mol. The van der Waals surface area contributed by atoms with Crippen LogP contribution < -0.4 is 5.32 Å². The molecule has 6 nitrogen and oxygen atoms in total. The lowest BCUT2D eigenvalue weighted by atomic mass is 10.0. The third kappa shape index (κ3) is 4.27. The van der Waals surface area contributed by atoms with Gasteiger partial charge in [0.15, 0.2) is 0 Å². The van der Waals surface area contributed by atoms with E-state index in [1.165, 1.54) is 0 Å². The monoisotopic (exact) mass is 291 g/mol. The Bertz CT molecular complexity index is 484. The standard InChI is InChI=1S/C15H21N3O3/c1-17-7-9-18(10-8-17)14(12-5-3-2-4-6-12)15(21)16-11-13(19)20/h2-6,14H,7-11H2,1H3,(H,16,21)(H,19,20). The summed E-state index contributed by atoms with van der Waals surface area (Å²) in [5.74, 6) is -1.29. The van der Waals surface area contributed by atoms with Crippen molar-refractivity contribution in [2.75, 3.05) is 39.8 Å². The summed E-state index contributed by atoms with van der Waals surface area (Å²) < 4.78 is 0. The zero-order chi connectivity index (χ0) is 15.2. The second-order valence-corrected chi connectivity index (χ2v) is 5.26. The lowest BCUT2D eigenvalue weighted by Crippen LogP contribution is -2.50. The van der Waals surface area contributed by atoms with E-state index in [1.54, 1.807) is 0 Å². The van der Waals surface area contributed by atoms with E-state index < -0.39 is 12.0 Å². The minimum atomic E-state index is -1.03. The fraction of sp³-hybridized carbons (Fsp3) is 0.467. The number of hydrogen-bond donors (Lipinski definition) is 2. The van der Waals surface area contributed by atoms with Crippen LogP contribution >= 0.6 is 0 Å². The second kappa shape index (κ2) is 7.19. The van der Waals surface area contributed by atoms with Crippen LogP contribution in [0, 0.1) is 0 Å². The Morgan fingerprint density at radius 3 is 2.38 bits per heavy atom. The molecular formula is C15H21N3O3. The molecule has 1 aromatic rings. The van der Waals surface area contributed by atoms with Gasteiger partial charge >= 0.3 is 5.97 Å². The van der Waals surface area contributed by atoms with Gasteiger partial charge in [0.2, 0.25) is 5.91 Å². The predicted molar refractivity (Wildman–Crippen MR) is 78.9 cm³/mol. The van der Waals surface area contributed by atoms with Gasteiger partial charge in [-0.05, 0) is 12.6 Å². The van der Waals surface area contributed by atoms with E-state index in [1.807, 2.05) is 30.3 Å². The SMILES string of the molecule is CN1CCN(C(C(=O)NCC(=O)O)c2ccccc2)CC1. The molecule has 0 bridgehead atoms. The zero-order valence-electron chi connectivity index (χ0n) is 12.2. The predicted octanol–water partition coefficient (Wildman–Crippen LogP) is 0.176. The Kier molecular flexibility index (Phi) is 5.30. The Hall–Kier alpha value is -1.92. The number of nitrogens with one attached hydrogen (secondary N) is 1. The van der Waals surface area contributed by atoms with Crippen molar-refractivity contribution in [2.24, 2.45) is 0 Å². The van der Waals surface area contributed by atoms with Crippen LogP contribution in [-0.4, -0.2) is 66.6 Å². The molecular weight excluding hydrogens is 270 g/mol. The number of likely N-dealkylation sites (N-methyl/N-ethyl adjacent to an activating group) is 1. The van der Waals surface area contributed by atoms with Crippen LogP contribution in [0.25, 0.3) is 0 Å². The molecule has 0 saturated carbocycles. The van der Waals surface area contributed by atoms with Gasteiger partial charge in [0.25, 0.3) is 0 Å². The summed E-state index contributed by atoms with van der Waals surface area (Å²) in [6.45, 7) is 3.02. The van der Waals surface area contributed by atoms with Gasteiger partial charge in [0, 0.05) is 26.2 Å². The summed E-state index contributed by atoms with van der Waals surface area (Å²) >= 11 is 0. The van der Waals surface area contributed by atoms with Crippen molar-refractivity contribution in [3.63, 3.8) is 0 Å². The molecule has 114 valence electrons. The number of carboxylic acid groups (broad SMARTS) is 1. The molecule has 2 N–H and O–H groups in total. The molecule has 21 heavy (non-hydrogen) atoms. The van der Waals surface area contributed by atoms with E-state index in [0.717, 1.165) is 31.7 Å². The van der Waals surface area contributed by atoms with Gasteiger partial charge in [0.1, 0.15) is 12.6 Å². The van der Waals surface area contributed by atoms with E-state index in [0.29, 0.717) is 0 Å². The van der Waals surface area contributed by atoms with Gasteiger partial charge in [-0.1, -0.05) is 30.3 Å². The first-order valence-electron chi connectivity index (χ1n) is 7.05. The maximum Gasteiger partial charge on any atom is 0.322 e. The molecule has 2 rings (SSSR count). The Morgan fingerprint density at radius 1 is 1.19 bits per heavy atom. The number of carboxylic acids is 1. The van der Waals surface area contributed by atoms with E-state index in [2.05, 4.69) is 22.2 Å². The minimum Gasteiger partial charge on any atom is -0.480 e. The van der Waals surface area contributed by atoms with E-state index in [-0.39, 0.29) is 12.5 Å². The third-order valence-corrected chi connectivity index (χ3v) is 3.68. The van der Waals surface area contributed by atoms with Crippen LogP contribution in [0.15, 0.2) is 30.3 Å². The third-order valence-electron chi connectivity index (χ3n) is 3.68. The van der Waals surface area contributed by atoms with Gasteiger partial charge in [0.05, 0.1) is 0 Å². The topological polar surface area (TPSA) is 72.9 Å². The van der Waals surface area contributed by atoms with Crippen molar-refractivity contribution in [3.05, 3.63) is 35.9 Å².